The lowest BCUT2D eigenvalue weighted by atomic mass is 10.2. The van der Waals surface area contributed by atoms with E-state index in [-0.39, 0.29) is 11.9 Å². The first kappa shape index (κ1) is 15.2. The number of thioether (sulfide) groups is 1. The van der Waals surface area contributed by atoms with E-state index in [0.717, 1.165) is 24.5 Å². The summed E-state index contributed by atoms with van der Waals surface area (Å²) in [5.74, 6) is 1.80. The lowest BCUT2D eigenvalue weighted by molar-refractivity contribution is 0.0934. The molecule has 20 heavy (non-hydrogen) atoms. The van der Waals surface area contributed by atoms with Gasteiger partial charge in [0.2, 0.25) is 0 Å². The summed E-state index contributed by atoms with van der Waals surface area (Å²) in [6.45, 7) is 4.98. The van der Waals surface area contributed by atoms with Crippen molar-refractivity contribution in [3.8, 4) is 0 Å². The van der Waals surface area contributed by atoms with Crippen LogP contribution in [0, 0.1) is 0 Å². The summed E-state index contributed by atoms with van der Waals surface area (Å²) in [5, 5.41) is 6.84. The first-order valence-corrected chi connectivity index (χ1v) is 8.42. The third kappa shape index (κ3) is 3.88. The highest BCUT2D eigenvalue weighted by molar-refractivity contribution is 7.99. The molecular formula is C15H23N3OS. The van der Waals surface area contributed by atoms with E-state index in [0.29, 0.717) is 10.9 Å². The fourth-order valence-corrected chi connectivity index (χ4v) is 3.79. The second-order valence-corrected chi connectivity index (χ2v) is 6.46. The van der Waals surface area contributed by atoms with E-state index in [1.54, 1.807) is 6.07 Å². The van der Waals surface area contributed by atoms with Gasteiger partial charge in [-0.2, -0.15) is 11.8 Å². The summed E-state index contributed by atoms with van der Waals surface area (Å²) >= 11 is 1.95. The molecule has 1 fully saturated rings. The second kappa shape index (κ2) is 7.53. The van der Waals surface area contributed by atoms with Crippen molar-refractivity contribution in [3.63, 3.8) is 0 Å². The van der Waals surface area contributed by atoms with Crippen molar-refractivity contribution in [1.29, 1.82) is 0 Å². The molecule has 1 saturated carbocycles. The standard InChI is InChI=1S/C15H23N3OS/c1-3-16-14-10-6-8-12(17-14)15(19)18-11-7-5-9-13(11)20-4-2/h6,8,10-11,13H,3-5,7,9H2,1-2H3,(H,16,17)(H,18,19). The van der Waals surface area contributed by atoms with Crippen LogP contribution in [0.2, 0.25) is 0 Å². The number of anilines is 1. The average molecular weight is 293 g/mol. The van der Waals surface area contributed by atoms with Crippen molar-refractivity contribution in [1.82, 2.24) is 10.3 Å². The van der Waals surface area contributed by atoms with Crippen LogP contribution in [0.4, 0.5) is 5.82 Å². The number of pyridine rings is 1. The van der Waals surface area contributed by atoms with Crippen molar-refractivity contribution in [2.75, 3.05) is 17.6 Å². The molecule has 1 aromatic rings. The molecule has 2 rings (SSSR count). The van der Waals surface area contributed by atoms with Crippen LogP contribution >= 0.6 is 11.8 Å². The van der Waals surface area contributed by atoms with Crippen molar-refractivity contribution in [2.24, 2.45) is 0 Å². The lowest BCUT2D eigenvalue weighted by Crippen LogP contribution is -2.39. The van der Waals surface area contributed by atoms with Gasteiger partial charge in [-0.3, -0.25) is 4.79 Å². The molecule has 1 aliphatic carbocycles. The summed E-state index contributed by atoms with van der Waals surface area (Å²) in [6, 6.07) is 5.81. The first-order valence-electron chi connectivity index (χ1n) is 7.38. The molecule has 0 aromatic carbocycles. The monoisotopic (exact) mass is 293 g/mol. The van der Waals surface area contributed by atoms with Gasteiger partial charge in [-0.1, -0.05) is 19.4 Å². The molecule has 2 atom stereocenters. The maximum absolute atomic E-state index is 12.3. The fourth-order valence-electron chi connectivity index (χ4n) is 2.59. The zero-order chi connectivity index (χ0) is 14.4. The first-order chi connectivity index (χ1) is 9.74. The van der Waals surface area contributed by atoms with Gasteiger partial charge in [0.05, 0.1) is 0 Å². The number of nitrogens with zero attached hydrogens (tertiary/aromatic N) is 1. The third-order valence-electron chi connectivity index (χ3n) is 3.49. The third-order valence-corrected chi connectivity index (χ3v) is 4.82. The Morgan fingerprint density at radius 2 is 2.25 bits per heavy atom. The van der Waals surface area contributed by atoms with Crippen molar-refractivity contribution in [3.05, 3.63) is 23.9 Å². The van der Waals surface area contributed by atoms with Gasteiger partial charge in [-0.25, -0.2) is 4.98 Å². The number of carbonyl (C=O) groups excluding carboxylic acids is 1. The van der Waals surface area contributed by atoms with E-state index < -0.39 is 0 Å². The number of hydrogen-bond donors (Lipinski definition) is 2. The maximum atomic E-state index is 12.3. The summed E-state index contributed by atoms with van der Waals surface area (Å²) in [6.07, 6.45) is 3.48. The fraction of sp³-hybridized carbons (Fsp3) is 0.600. The molecule has 0 aliphatic heterocycles. The molecule has 4 nitrogen and oxygen atoms in total. The van der Waals surface area contributed by atoms with Gasteiger partial charge >= 0.3 is 0 Å². The van der Waals surface area contributed by atoms with Gasteiger partial charge in [-0.05, 0) is 37.7 Å². The molecule has 1 amide bonds. The van der Waals surface area contributed by atoms with Crippen LogP contribution in [-0.4, -0.2) is 34.5 Å². The van der Waals surface area contributed by atoms with Crippen molar-refractivity contribution >= 4 is 23.5 Å². The van der Waals surface area contributed by atoms with Gasteiger partial charge < -0.3 is 10.6 Å². The summed E-state index contributed by atoms with van der Waals surface area (Å²) in [7, 11) is 0. The van der Waals surface area contributed by atoms with Crippen molar-refractivity contribution in [2.45, 2.75) is 44.4 Å². The second-order valence-electron chi connectivity index (χ2n) is 4.94. The zero-order valence-electron chi connectivity index (χ0n) is 12.2. The Balaban J connectivity index is 1.98. The molecule has 1 heterocycles. The normalized spacial score (nSPS) is 21.7. The molecular weight excluding hydrogens is 270 g/mol. The Labute approximate surface area is 125 Å². The maximum Gasteiger partial charge on any atom is 0.270 e. The highest BCUT2D eigenvalue weighted by Crippen LogP contribution is 2.30. The number of rotatable bonds is 6. The SMILES string of the molecule is CCNc1cccc(C(=O)NC2CCCC2SCC)n1. The minimum atomic E-state index is -0.0571. The smallest absolute Gasteiger partial charge is 0.270 e. The van der Waals surface area contributed by atoms with Crippen LogP contribution < -0.4 is 10.6 Å². The van der Waals surface area contributed by atoms with E-state index >= 15 is 0 Å². The Morgan fingerprint density at radius 1 is 1.40 bits per heavy atom. The average Bonchev–Trinajstić information content (AvgIpc) is 2.87. The Kier molecular flexibility index (Phi) is 5.71. The minimum Gasteiger partial charge on any atom is -0.370 e. The number of aromatic nitrogens is 1. The Morgan fingerprint density at radius 3 is 3.00 bits per heavy atom. The zero-order valence-corrected chi connectivity index (χ0v) is 13.0. The van der Waals surface area contributed by atoms with Gasteiger partial charge in [0.25, 0.3) is 5.91 Å². The molecule has 110 valence electrons. The Bertz CT molecular complexity index is 452. The van der Waals surface area contributed by atoms with Crippen LogP contribution in [0.3, 0.4) is 0 Å². The Hall–Kier alpha value is -1.23. The number of amides is 1. The topological polar surface area (TPSA) is 54.0 Å². The van der Waals surface area contributed by atoms with Crippen LogP contribution in [-0.2, 0) is 0 Å². The predicted molar refractivity (Wildman–Crippen MR) is 85.4 cm³/mol. The molecule has 0 radical (unpaired) electrons. The predicted octanol–water partition coefficient (Wildman–Crippen LogP) is 2.92. The number of carbonyl (C=O) groups is 1. The molecule has 1 aliphatic rings. The number of hydrogen-bond acceptors (Lipinski definition) is 4. The van der Waals surface area contributed by atoms with Crippen LogP contribution in [0.5, 0.6) is 0 Å². The highest BCUT2D eigenvalue weighted by Gasteiger charge is 2.28. The summed E-state index contributed by atoms with van der Waals surface area (Å²) < 4.78 is 0. The molecule has 1 aromatic heterocycles. The van der Waals surface area contributed by atoms with E-state index in [2.05, 4.69) is 22.5 Å². The van der Waals surface area contributed by atoms with E-state index in [4.69, 9.17) is 0 Å². The quantitative estimate of drug-likeness (QED) is 0.847. The van der Waals surface area contributed by atoms with Gasteiger partial charge in [0.15, 0.2) is 0 Å². The van der Waals surface area contributed by atoms with Crippen LogP contribution in [0.1, 0.15) is 43.6 Å². The molecule has 2 unspecified atom stereocenters. The van der Waals surface area contributed by atoms with E-state index in [9.17, 15) is 4.79 Å². The van der Waals surface area contributed by atoms with Gasteiger partial charge in [0, 0.05) is 17.8 Å². The summed E-state index contributed by atoms with van der Waals surface area (Å²) in [4.78, 5) is 16.6. The van der Waals surface area contributed by atoms with Gasteiger partial charge in [-0.15, -0.1) is 0 Å². The molecule has 5 heteroatoms. The molecule has 0 saturated heterocycles. The van der Waals surface area contributed by atoms with E-state index in [1.165, 1.54) is 12.8 Å². The molecule has 0 spiro atoms. The van der Waals surface area contributed by atoms with Crippen molar-refractivity contribution < 1.29 is 4.79 Å². The van der Waals surface area contributed by atoms with E-state index in [1.807, 2.05) is 30.8 Å². The number of nitrogens with one attached hydrogen (secondary N) is 2. The minimum absolute atomic E-state index is 0.0571. The molecule has 2 N–H and O–H groups in total. The summed E-state index contributed by atoms with van der Waals surface area (Å²) in [5.41, 5.74) is 0.496. The highest BCUT2D eigenvalue weighted by atomic mass is 32.2. The van der Waals surface area contributed by atoms with Gasteiger partial charge in [0.1, 0.15) is 11.5 Å². The largest absolute Gasteiger partial charge is 0.370 e. The molecule has 0 bridgehead atoms. The lowest BCUT2D eigenvalue weighted by Gasteiger charge is -2.20. The van der Waals surface area contributed by atoms with Crippen LogP contribution in [0.25, 0.3) is 0 Å². The van der Waals surface area contributed by atoms with Crippen LogP contribution in [0.15, 0.2) is 18.2 Å².